The van der Waals surface area contributed by atoms with Crippen molar-refractivity contribution in [3.8, 4) is 5.75 Å². The molecule has 0 atom stereocenters. The van der Waals surface area contributed by atoms with E-state index in [0.29, 0.717) is 48.1 Å². The van der Waals surface area contributed by atoms with Crippen molar-refractivity contribution in [1.82, 2.24) is 8.87 Å². The lowest BCUT2D eigenvalue weighted by atomic mass is 9.98. The van der Waals surface area contributed by atoms with Crippen molar-refractivity contribution in [1.29, 1.82) is 0 Å². The highest BCUT2D eigenvalue weighted by Crippen LogP contribution is 2.29. The van der Waals surface area contributed by atoms with Gasteiger partial charge in [-0.2, -0.15) is 9.30 Å². The number of sulfonamides is 1. The molecule has 7 nitrogen and oxygen atoms in total. The van der Waals surface area contributed by atoms with E-state index in [1.54, 1.807) is 17.5 Å². The van der Waals surface area contributed by atoms with Crippen LogP contribution >= 0.6 is 22.7 Å². The molecule has 1 aromatic carbocycles. The largest absolute Gasteiger partial charge is 0.492 e. The Labute approximate surface area is 189 Å². The van der Waals surface area contributed by atoms with Crippen molar-refractivity contribution >= 4 is 48.8 Å². The normalized spacial score (nSPS) is 16.8. The highest BCUT2D eigenvalue weighted by atomic mass is 32.2. The van der Waals surface area contributed by atoms with E-state index < -0.39 is 10.0 Å². The lowest BCUT2D eigenvalue weighted by Crippen LogP contribution is -2.40. The number of ether oxygens (including phenoxy) is 1. The van der Waals surface area contributed by atoms with Gasteiger partial charge >= 0.3 is 0 Å². The van der Waals surface area contributed by atoms with Gasteiger partial charge in [0.1, 0.15) is 15.5 Å². The first-order valence-corrected chi connectivity index (χ1v) is 13.5. The number of nitrogens with zero attached hydrogens (tertiary/aromatic N) is 3. The monoisotopic (exact) mass is 479 g/mol. The van der Waals surface area contributed by atoms with Crippen LogP contribution in [0, 0.1) is 5.92 Å². The van der Waals surface area contributed by atoms with Gasteiger partial charge in [0, 0.05) is 25.6 Å². The van der Waals surface area contributed by atoms with E-state index in [9.17, 15) is 13.2 Å². The molecule has 0 aliphatic carbocycles. The minimum Gasteiger partial charge on any atom is -0.492 e. The van der Waals surface area contributed by atoms with Crippen molar-refractivity contribution in [2.45, 2.75) is 37.4 Å². The SMILES string of the molecule is CCOc1cccc2sc(=NC(=O)C3CCN(S(=O)(=O)c4cccs4)CC3)n(CC)c12. The molecule has 0 bridgehead atoms. The van der Waals surface area contributed by atoms with Crippen LogP contribution in [0.5, 0.6) is 5.75 Å². The van der Waals surface area contributed by atoms with Crippen LogP contribution < -0.4 is 9.54 Å². The second kappa shape index (κ2) is 9.23. The third-order valence-corrected chi connectivity index (χ3v) is 9.69. The average molecular weight is 480 g/mol. The zero-order valence-electron chi connectivity index (χ0n) is 17.5. The molecule has 3 heterocycles. The van der Waals surface area contributed by atoms with Gasteiger partial charge in [0.15, 0.2) is 4.80 Å². The highest BCUT2D eigenvalue weighted by molar-refractivity contribution is 7.91. The van der Waals surface area contributed by atoms with Gasteiger partial charge in [-0.05, 0) is 50.3 Å². The summed E-state index contributed by atoms with van der Waals surface area (Å²) in [5.74, 6) is 0.343. The first-order chi connectivity index (χ1) is 15.0. The Morgan fingerprint density at radius 1 is 1.19 bits per heavy atom. The Kier molecular flexibility index (Phi) is 6.61. The quantitative estimate of drug-likeness (QED) is 0.540. The van der Waals surface area contributed by atoms with Gasteiger partial charge in [-0.15, -0.1) is 11.3 Å². The van der Waals surface area contributed by atoms with E-state index in [0.717, 1.165) is 16.0 Å². The molecule has 31 heavy (non-hydrogen) atoms. The highest BCUT2D eigenvalue weighted by Gasteiger charge is 2.32. The number of rotatable bonds is 6. The molecule has 4 rings (SSSR count). The molecule has 2 aromatic heterocycles. The zero-order chi connectivity index (χ0) is 22.0. The zero-order valence-corrected chi connectivity index (χ0v) is 19.9. The fourth-order valence-electron chi connectivity index (χ4n) is 3.81. The van der Waals surface area contributed by atoms with Gasteiger partial charge in [-0.25, -0.2) is 8.42 Å². The van der Waals surface area contributed by atoms with E-state index in [1.807, 2.05) is 36.6 Å². The van der Waals surface area contributed by atoms with Crippen molar-refractivity contribution < 1.29 is 17.9 Å². The number of carbonyl (C=O) groups excluding carboxylic acids is 1. The molecule has 0 spiro atoms. The number of aryl methyl sites for hydroxylation is 1. The lowest BCUT2D eigenvalue weighted by molar-refractivity contribution is -0.122. The number of benzene rings is 1. The number of aromatic nitrogens is 1. The third kappa shape index (κ3) is 4.34. The molecule has 0 saturated carbocycles. The van der Waals surface area contributed by atoms with Gasteiger partial charge in [-0.1, -0.05) is 23.5 Å². The summed E-state index contributed by atoms with van der Waals surface area (Å²) in [7, 11) is -3.47. The van der Waals surface area contributed by atoms with E-state index in [1.165, 1.54) is 27.0 Å². The minimum atomic E-state index is -3.47. The first kappa shape index (κ1) is 22.2. The molecular weight excluding hydrogens is 454 g/mol. The smallest absolute Gasteiger partial charge is 0.252 e. The Balaban J connectivity index is 1.55. The molecule has 0 radical (unpaired) electrons. The Morgan fingerprint density at radius 3 is 2.61 bits per heavy atom. The van der Waals surface area contributed by atoms with Crippen LogP contribution in [0.4, 0.5) is 0 Å². The van der Waals surface area contributed by atoms with Crippen LogP contribution in [0.2, 0.25) is 0 Å². The number of thiazole rings is 1. The number of thiophene rings is 1. The minimum absolute atomic E-state index is 0.181. The molecule has 1 fully saturated rings. The van der Waals surface area contributed by atoms with Gasteiger partial charge in [0.05, 0.1) is 11.3 Å². The number of fused-ring (bicyclic) bond motifs is 1. The topological polar surface area (TPSA) is 81.0 Å². The van der Waals surface area contributed by atoms with E-state index in [4.69, 9.17) is 4.74 Å². The number of amides is 1. The Hall–Kier alpha value is -2.01. The number of piperidine rings is 1. The number of hydrogen-bond acceptors (Lipinski definition) is 6. The van der Waals surface area contributed by atoms with Crippen LogP contribution in [0.15, 0.2) is 44.9 Å². The number of para-hydroxylation sites is 1. The molecule has 1 aliphatic heterocycles. The molecule has 0 unspecified atom stereocenters. The van der Waals surface area contributed by atoms with Crippen LogP contribution in [0.1, 0.15) is 26.7 Å². The average Bonchev–Trinajstić information content (AvgIpc) is 3.43. The van der Waals surface area contributed by atoms with Gasteiger partial charge < -0.3 is 9.30 Å². The van der Waals surface area contributed by atoms with E-state index >= 15 is 0 Å². The maximum absolute atomic E-state index is 12.9. The number of carbonyl (C=O) groups is 1. The summed E-state index contributed by atoms with van der Waals surface area (Å²) < 4.78 is 36.0. The van der Waals surface area contributed by atoms with Crippen molar-refractivity contribution in [2.24, 2.45) is 10.9 Å². The summed E-state index contributed by atoms with van der Waals surface area (Å²) in [6.07, 6.45) is 0.961. The Morgan fingerprint density at radius 2 is 1.97 bits per heavy atom. The Bertz CT molecular complexity index is 1230. The fraction of sp³-hybridized carbons (Fsp3) is 0.429. The van der Waals surface area contributed by atoms with Crippen LogP contribution in [0.25, 0.3) is 10.2 Å². The molecular formula is C21H25N3O4S3. The summed E-state index contributed by atoms with van der Waals surface area (Å²) in [5.41, 5.74) is 0.959. The lowest BCUT2D eigenvalue weighted by Gasteiger charge is -2.29. The van der Waals surface area contributed by atoms with E-state index in [-0.39, 0.29) is 11.8 Å². The van der Waals surface area contributed by atoms with Crippen LogP contribution in [-0.2, 0) is 21.4 Å². The maximum atomic E-state index is 12.9. The van der Waals surface area contributed by atoms with Crippen molar-refractivity contribution in [2.75, 3.05) is 19.7 Å². The molecule has 166 valence electrons. The summed E-state index contributed by atoms with van der Waals surface area (Å²) in [6.45, 7) is 5.88. The van der Waals surface area contributed by atoms with Gasteiger partial charge in [-0.3, -0.25) is 4.79 Å². The predicted molar refractivity (Wildman–Crippen MR) is 123 cm³/mol. The molecule has 3 aromatic rings. The molecule has 0 N–H and O–H groups in total. The number of hydrogen-bond donors (Lipinski definition) is 0. The van der Waals surface area contributed by atoms with Gasteiger partial charge in [0.25, 0.3) is 15.9 Å². The van der Waals surface area contributed by atoms with Gasteiger partial charge in [0.2, 0.25) is 0 Å². The standard InChI is InChI=1S/C21H25N3O4S3/c1-3-24-19-16(28-4-2)7-5-8-17(19)30-21(24)22-20(25)15-10-12-23(13-11-15)31(26,27)18-9-6-14-29-18/h5-9,14-15H,3-4,10-13H2,1-2H3. The summed E-state index contributed by atoms with van der Waals surface area (Å²) in [5, 5.41) is 1.76. The maximum Gasteiger partial charge on any atom is 0.252 e. The summed E-state index contributed by atoms with van der Waals surface area (Å²) >= 11 is 2.69. The molecule has 1 amide bonds. The molecule has 1 saturated heterocycles. The summed E-state index contributed by atoms with van der Waals surface area (Å²) in [4.78, 5) is 18.0. The summed E-state index contributed by atoms with van der Waals surface area (Å²) in [6, 6.07) is 9.23. The molecule has 1 aliphatic rings. The second-order valence-corrected chi connectivity index (χ2v) is 11.3. The third-order valence-electron chi connectivity index (χ3n) is 5.38. The van der Waals surface area contributed by atoms with Crippen molar-refractivity contribution in [3.63, 3.8) is 0 Å². The van der Waals surface area contributed by atoms with Crippen LogP contribution in [-0.4, -0.2) is 42.9 Å². The predicted octanol–water partition coefficient (Wildman–Crippen LogP) is 3.71. The first-order valence-electron chi connectivity index (χ1n) is 10.3. The van der Waals surface area contributed by atoms with Crippen LogP contribution in [0.3, 0.4) is 0 Å². The molecule has 10 heteroatoms. The van der Waals surface area contributed by atoms with E-state index in [2.05, 4.69) is 4.99 Å². The van der Waals surface area contributed by atoms with Crippen molar-refractivity contribution in [3.05, 3.63) is 40.5 Å². The second-order valence-electron chi connectivity index (χ2n) is 7.23. The fourth-order valence-corrected chi connectivity index (χ4v) is 7.55.